The molecular weight excluding hydrogens is 464 g/mol. The first-order valence-electron chi connectivity index (χ1n) is 11.9. The highest BCUT2D eigenvalue weighted by Gasteiger charge is 2.42. The Bertz CT molecular complexity index is 1110. The summed E-state index contributed by atoms with van der Waals surface area (Å²) in [5, 5.41) is 2.84. The van der Waals surface area contributed by atoms with Crippen LogP contribution in [0.3, 0.4) is 0 Å². The van der Waals surface area contributed by atoms with E-state index in [9.17, 15) is 9.59 Å². The molecule has 2 aromatic carbocycles. The van der Waals surface area contributed by atoms with Crippen LogP contribution in [0, 0.1) is 5.92 Å². The molecule has 2 aliphatic heterocycles. The molecule has 4 rings (SSSR count). The molecule has 36 heavy (non-hydrogen) atoms. The van der Waals surface area contributed by atoms with Gasteiger partial charge in [-0.15, -0.1) is 0 Å². The van der Waals surface area contributed by atoms with Crippen LogP contribution in [0.15, 0.2) is 47.5 Å². The number of nitrogens with one attached hydrogen (secondary N) is 1. The highest BCUT2D eigenvalue weighted by atomic mass is 16.5. The summed E-state index contributed by atoms with van der Waals surface area (Å²) >= 11 is 0. The van der Waals surface area contributed by atoms with Gasteiger partial charge >= 0.3 is 5.97 Å². The molecule has 0 aliphatic carbocycles. The lowest BCUT2D eigenvalue weighted by atomic mass is 9.91. The van der Waals surface area contributed by atoms with Crippen LogP contribution in [0.2, 0.25) is 0 Å². The second-order valence-corrected chi connectivity index (χ2v) is 8.40. The zero-order valence-corrected chi connectivity index (χ0v) is 21.0. The number of piperazine rings is 1. The Morgan fingerprint density at radius 1 is 0.944 bits per heavy atom. The SMILES string of the molecule is CCOC(=O)[C@@H]1C(=O)NC(N2CCN(c3ccc(OC)cc3)CC2)=N[C@H]1c1ccc(OC)c(OC)c1. The lowest BCUT2D eigenvalue weighted by Gasteiger charge is -2.39. The first kappa shape index (κ1) is 25.2. The fraction of sp³-hybridized carbons (Fsp3) is 0.423. The van der Waals surface area contributed by atoms with E-state index in [2.05, 4.69) is 10.2 Å². The smallest absolute Gasteiger partial charge is 0.321 e. The van der Waals surface area contributed by atoms with Crippen LogP contribution >= 0.6 is 0 Å². The molecule has 2 aromatic rings. The predicted molar refractivity (Wildman–Crippen MR) is 135 cm³/mol. The van der Waals surface area contributed by atoms with Crippen molar-refractivity contribution >= 4 is 23.5 Å². The number of anilines is 1. The van der Waals surface area contributed by atoms with Crippen molar-refractivity contribution in [2.75, 3.05) is 59.0 Å². The number of ether oxygens (including phenoxy) is 4. The van der Waals surface area contributed by atoms with Crippen molar-refractivity contribution in [3.8, 4) is 17.2 Å². The van der Waals surface area contributed by atoms with E-state index in [-0.39, 0.29) is 6.61 Å². The summed E-state index contributed by atoms with van der Waals surface area (Å²) in [5.41, 5.74) is 1.77. The number of hydrogen-bond acceptors (Lipinski definition) is 9. The van der Waals surface area contributed by atoms with Crippen LogP contribution in [0.1, 0.15) is 18.5 Å². The van der Waals surface area contributed by atoms with Crippen LogP contribution in [-0.4, -0.2) is 76.9 Å². The second kappa shape index (κ2) is 11.2. The van der Waals surface area contributed by atoms with Crippen molar-refractivity contribution in [3.05, 3.63) is 48.0 Å². The maximum absolute atomic E-state index is 13.2. The summed E-state index contributed by atoms with van der Waals surface area (Å²) in [6, 6.07) is 12.5. The van der Waals surface area contributed by atoms with Gasteiger partial charge in [-0.1, -0.05) is 6.07 Å². The summed E-state index contributed by atoms with van der Waals surface area (Å²) in [5.74, 6) is 0.162. The van der Waals surface area contributed by atoms with Gasteiger partial charge in [0.2, 0.25) is 11.9 Å². The normalized spacial score (nSPS) is 19.8. The second-order valence-electron chi connectivity index (χ2n) is 8.40. The molecule has 0 saturated carbocycles. The van der Waals surface area contributed by atoms with E-state index in [0.29, 0.717) is 36.1 Å². The topological polar surface area (TPSA) is 102 Å². The van der Waals surface area contributed by atoms with Gasteiger partial charge in [-0.25, -0.2) is 4.99 Å². The van der Waals surface area contributed by atoms with Crippen molar-refractivity contribution in [3.63, 3.8) is 0 Å². The molecule has 0 aromatic heterocycles. The minimum atomic E-state index is -1.10. The van der Waals surface area contributed by atoms with Crippen LogP contribution in [-0.2, 0) is 14.3 Å². The Kier molecular flexibility index (Phi) is 7.82. The number of benzene rings is 2. The monoisotopic (exact) mass is 496 g/mol. The van der Waals surface area contributed by atoms with Crippen LogP contribution < -0.4 is 24.4 Å². The molecule has 1 amide bonds. The minimum absolute atomic E-state index is 0.172. The lowest BCUT2D eigenvalue weighted by Crippen LogP contribution is -2.57. The van der Waals surface area contributed by atoms with Crippen LogP contribution in [0.25, 0.3) is 0 Å². The Hall–Kier alpha value is -3.95. The Morgan fingerprint density at radius 3 is 2.22 bits per heavy atom. The van der Waals surface area contributed by atoms with Gasteiger partial charge in [-0.2, -0.15) is 0 Å². The number of nitrogens with zero attached hydrogens (tertiary/aromatic N) is 3. The Labute approximate surface area is 210 Å². The third kappa shape index (κ3) is 5.17. The van der Waals surface area contributed by atoms with Crippen LogP contribution in [0.4, 0.5) is 5.69 Å². The Balaban J connectivity index is 1.58. The van der Waals surface area contributed by atoms with Gasteiger partial charge in [-0.05, 0) is 48.9 Å². The average molecular weight is 497 g/mol. The first-order chi connectivity index (χ1) is 17.5. The van der Waals surface area contributed by atoms with Crippen molar-refractivity contribution in [2.45, 2.75) is 13.0 Å². The number of guanidine groups is 1. The van der Waals surface area contributed by atoms with Gasteiger partial charge in [0.05, 0.1) is 27.9 Å². The average Bonchev–Trinajstić information content (AvgIpc) is 2.92. The van der Waals surface area contributed by atoms with Gasteiger partial charge < -0.3 is 28.7 Å². The third-order valence-electron chi connectivity index (χ3n) is 6.40. The Morgan fingerprint density at radius 2 is 1.61 bits per heavy atom. The fourth-order valence-corrected chi connectivity index (χ4v) is 4.47. The molecule has 1 N–H and O–H groups in total. The molecule has 0 radical (unpaired) electrons. The van der Waals surface area contributed by atoms with Gasteiger partial charge in [0.25, 0.3) is 0 Å². The summed E-state index contributed by atoms with van der Waals surface area (Å²) in [4.78, 5) is 35.1. The van der Waals surface area contributed by atoms with E-state index >= 15 is 0 Å². The van der Waals surface area contributed by atoms with E-state index in [1.165, 1.54) is 7.11 Å². The zero-order chi connectivity index (χ0) is 25.7. The number of carbonyl (C=O) groups is 2. The minimum Gasteiger partial charge on any atom is -0.497 e. The number of carbonyl (C=O) groups excluding carboxylic acids is 2. The number of rotatable bonds is 7. The lowest BCUT2D eigenvalue weighted by molar-refractivity contribution is -0.153. The van der Waals surface area contributed by atoms with Crippen molar-refractivity contribution in [1.29, 1.82) is 0 Å². The number of aliphatic imine (C=N–C) groups is 1. The first-order valence-corrected chi connectivity index (χ1v) is 11.9. The quantitative estimate of drug-likeness (QED) is 0.460. The molecule has 0 spiro atoms. The van der Waals surface area contributed by atoms with Crippen molar-refractivity contribution < 1.29 is 28.5 Å². The van der Waals surface area contributed by atoms with E-state index in [1.807, 2.05) is 29.2 Å². The maximum Gasteiger partial charge on any atom is 0.321 e. The molecular formula is C26H32N4O6. The summed E-state index contributed by atoms with van der Waals surface area (Å²) < 4.78 is 21.2. The van der Waals surface area contributed by atoms with Crippen molar-refractivity contribution in [2.24, 2.45) is 10.9 Å². The third-order valence-corrected chi connectivity index (χ3v) is 6.40. The van der Waals surface area contributed by atoms with E-state index in [0.717, 1.165) is 24.5 Å². The van der Waals surface area contributed by atoms with Gasteiger partial charge in [0.1, 0.15) is 11.8 Å². The van der Waals surface area contributed by atoms with E-state index in [1.54, 1.807) is 39.3 Å². The number of amides is 1. The summed E-state index contributed by atoms with van der Waals surface area (Å²) in [7, 11) is 4.73. The highest BCUT2D eigenvalue weighted by Crippen LogP contribution is 2.36. The van der Waals surface area contributed by atoms with Gasteiger partial charge in [0.15, 0.2) is 17.4 Å². The largest absolute Gasteiger partial charge is 0.497 e. The van der Waals surface area contributed by atoms with E-state index in [4.69, 9.17) is 23.9 Å². The van der Waals surface area contributed by atoms with Crippen LogP contribution in [0.5, 0.6) is 17.2 Å². The molecule has 2 atom stereocenters. The van der Waals surface area contributed by atoms with Gasteiger partial charge in [0, 0.05) is 31.9 Å². The summed E-state index contributed by atoms with van der Waals surface area (Å²) in [6.45, 7) is 4.71. The molecule has 2 heterocycles. The molecule has 0 unspecified atom stereocenters. The maximum atomic E-state index is 13.2. The zero-order valence-electron chi connectivity index (χ0n) is 21.0. The summed E-state index contributed by atoms with van der Waals surface area (Å²) in [6.07, 6.45) is 0. The molecule has 10 nitrogen and oxygen atoms in total. The number of hydrogen-bond donors (Lipinski definition) is 1. The molecule has 10 heteroatoms. The predicted octanol–water partition coefficient (Wildman–Crippen LogP) is 2.24. The highest BCUT2D eigenvalue weighted by molar-refractivity contribution is 6.08. The number of methoxy groups -OCH3 is 3. The number of esters is 1. The molecule has 1 saturated heterocycles. The standard InChI is InChI=1S/C26H32N4O6/c1-5-36-25(32)22-23(17-6-11-20(34-3)21(16-17)35-4)27-26(28-24(22)31)30-14-12-29(13-15-30)18-7-9-19(33-2)10-8-18/h6-11,16,22-23H,5,12-15H2,1-4H3,(H,27,28,31)/t22-,23-/m0/s1. The molecule has 0 bridgehead atoms. The molecule has 1 fully saturated rings. The molecule has 2 aliphatic rings. The van der Waals surface area contributed by atoms with Crippen molar-refractivity contribution in [1.82, 2.24) is 10.2 Å². The van der Waals surface area contributed by atoms with Gasteiger partial charge in [-0.3, -0.25) is 14.9 Å². The fourth-order valence-electron chi connectivity index (χ4n) is 4.47. The molecule has 192 valence electrons. The van der Waals surface area contributed by atoms with E-state index < -0.39 is 23.8 Å².